The van der Waals surface area contributed by atoms with Gasteiger partial charge < -0.3 is 9.84 Å². The highest BCUT2D eigenvalue weighted by atomic mass is 35.5. The predicted octanol–water partition coefficient (Wildman–Crippen LogP) is 2.83. The number of imide groups is 1. The van der Waals surface area contributed by atoms with Crippen LogP contribution >= 0.6 is 11.6 Å². The van der Waals surface area contributed by atoms with Crippen LogP contribution in [0, 0.1) is 35.5 Å². The van der Waals surface area contributed by atoms with Crippen molar-refractivity contribution in [1.82, 2.24) is 5.01 Å². The lowest BCUT2D eigenvalue weighted by Gasteiger charge is -2.37. The Hall–Kier alpha value is -2.34. The van der Waals surface area contributed by atoms with Gasteiger partial charge >= 0.3 is 0 Å². The zero-order valence-corrected chi connectivity index (χ0v) is 15.5. The van der Waals surface area contributed by atoms with E-state index in [4.69, 9.17) is 16.3 Å². The van der Waals surface area contributed by atoms with Crippen LogP contribution in [-0.2, 0) is 9.59 Å². The van der Waals surface area contributed by atoms with E-state index in [0.717, 1.165) is 11.4 Å². The van der Waals surface area contributed by atoms with Gasteiger partial charge in [0.15, 0.2) is 11.5 Å². The molecule has 140 valence electrons. The first-order chi connectivity index (χ1) is 13.0. The average Bonchev–Trinajstić information content (AvgIpc) is 3.43. The van der Waals surface area contributed by atoms with E-state index in [-0.39, 0.29) is 52.0 Å². The number of carbonyl (C=O) groups excluding carboxylic acids is 2. The second kappa shape index (κ2) is 5.83. The summed E-state index contributed by atoms with van der Waals surface area (Å²) in [6, 6.07) is 3.09. The van der Waals surface area contributed by atoms with E-state index >= 15 is 0 Å². The second-order valence-corrected chi connectivity index (χ2v) is 8.08. The molecule has 6 rings (SSSR count). The highest BCUT2D eigenvalue weighted by molar-refractivity contribution is 6.32. The third-order valence-corrected chi connectivity index (χ3v) is 6.60. The SMILES string of the molecule is CCOc1cc(/C=N/N2C(=O)[C@H]3[C@@H]4C=C[C@H]([C@H]5C[C@H]45)[C@@H]3C2=O)cc(Cl)c1O. The summed E-state index contributed by atoms with van der Waals surface area (Å²) in [6.07, 6.45) is 6.81. The summed E-state index contributed by atoms with van der Waals surface area (Å²) in [5.74, 6) is 0.619. The Morgan fingerprint density at radius 3 is 2.44 bits per heavy atom. The van der Waals surface area contributed by atoms with Gasteiger partial charge in [0.1, 0.15) is 0 Å². The molecule has 4 aliphatic carbocycles. The maximum Gasteiger partial charge on any atom is 0.254 e. The van der Waals surface area contributed by atoms with Crippen molar-refractivity contribution in [2.45, 2.75) is 13.3 Å². The summed E-state index contributed by atoms with van der Waals surface area (Å²) < 4.78 is 5.35. The molecule has 0 radical (unpaired) electrons. The van der Waals surface area contributed by atoms with Gasteiger partial charge in [0.05, 0.1) is 29.7 Å². The van der Waals surface area contributed by atoms with Crippen LogP contribution in [0.4, 0.5) is 0 Å². The molecule has 3 fully saturated rings. The van der Waals surface area contributed by atoms with E-state index in [1.807, 2.05) is 0 Å². The quantitative estimate of drug-likeness (QED) is 0.490. The zero-order chi connectivity index (χ0) is 18.9. The zero-order valence-electron chi connectivity index (χ0n) is 14.7. The van der Waals surface area contributed by atoms with Gasteiger partial charge in [0, 0.05) is 0 Å². The Labute approximate surface area is 161 Å². The minimum Gasteiger partial charge on any atom is -0.503 e. The first kappa shape index (κ1) is 16.8. The Kier molecular flexibility index (Phi) is 3.63. The molecule has 2 amide bonds. The van der Waals surface area contributed by atoms with Gasteiger partial charge in [-0.25, -0.2) is 0 Å². The fourth-order valence-electron chi connectivity index (χ4n) is 5.11. The molecular formula is C20H19ClN2O4. The third kappa shape index (κ3) is 2.35. The van der Waals surface area contributed by atoms with E-state index in [2.05, 4.69) is 17.3 Å². The van der Waals surface area contributed by atoms with Crippen LogP contribution in [0.3, 0.4) is 0 Å². The number of hydrogen-bond donors (Lipinski definition) is 1. The number of ether oxygens (including phenoxy) is 1. The second-order valence-electron chi connectivity index (χ2n) is 7.67. The summed E-state index contributed by atoms with van der Waals surface area (Å²) >= 11 is 6.03. The fraction of sp³-hybridized carbons (Fsp3) is 0.450. The highest BCUT2D eigenvalue weighted by Crippen LogP contribution is 2.65. The molecule has 1 heterocycles. The number of halogens is 1. The van der Waals surface area contributed by atoms with Crippen LogP contribution in [0.25, 0.3) is 0 Å². The smallest absolute Gasteiger partial charge is 0.254 e. The number of amides is 2. The number of aromatic hydroxyl groups is 1. The van der Waals surface area contributed by atoms with Gasteiger partial charge in [-0.05, 0) is 54.7 Å². The van der Waals surface area contributed by atoms with Crippen molar-refractivity contribution in [3.8, 4) is 11.5 Å². The fourth-order valence-corrected chi connectivity index (χ4v) is 5.33. The lowest BCUT2D eigenvalue weighted by atomic mass is 9.63. The summed E-state index contributed by atoms with van der Waals surface area (Å²) in [6.45, 7) is 2.17. The molecule has 1 aliphatic heterocycles. The number of carbonyl (C=O) groups is 2. The number of rotatable bonds is 4. The lowest BCUT2D eigenvalue weighted by Crippen LogP contribution is -2.40. The number of allylic oxidation sites excluding steroid dienone is 2. The summed E-state index contributed by atoms with van der Waals surface area (Å²) in [5, 5.41) is 15.2. The van der Waals surface area contributed by atoms with E-state index in [0.29, 0.717) is 24.0 Å². The molecule has 1 aromatic rings. The molecule has 2 saturated carbocycles. The number of nitrogens with zero attached hydrogens (tertiary/aromatic N) is 2. The van der Waals surface area contributed by atoms with Gasteiger partial charge in [-0.2, -0.15) is 10.1 Å². The number of phenolic OH excluding ortho intramolecular Hbond substituents is 1. The van der Waals surface area contributed by atoms with Crippen molar-refractivity contribution >= 4 is 29.6 Å². The molecule has 7 heteroatoms. The summed E-state index contributed by atoms with van der Waals surface area (Å²) in [7, 11) is 0. The first-order valence-corrected chi connectivity index (χ1v) is 9.64. The first-order valence-electron chi connectivity index (χ1n) is 9.26. The number of benzene rings is 1. The molecule has 1 aromatic carbocycles. The maximum atomic E-state index is 12.9. The number of hydrazone groups is 1. The predicted molar refractivity (Wildman–Crippen MR) is 98.4 cm³/mol. The molecule has 6 atom stereocenters. The Balaban J connectivity index is 1.42. The van der Waals surface area contributed by atoms with Gasteiger partial charge in [0.25, 0.3) is 11.8 Å². The molecule has 6 nitrogen and oxygen atoms in total. The summed E-state index contributed by atoms with van der Waals surface area (Å²) in [4.78, 5) is 25.8. The van der Waals surface area contributed by atoms with Crippen molar-refractivity contribution in [2.24, 2.45) is 40.6 Å². The molecule has 5 aliphatic rings. The van der Waals surface area contributed by atoms with Gasteiger partial charge in [-0.15, -0.1) is 0 Å². The maximum absolute atomic E-state index is 12.9. The normalized spacial score (nSPS) is 35.7. The minimum absolute atomic E-state index is 0.123. The van der Waals surface area contributed by atoms with Crippen LogP contribution < -0.4 is 4.74 Å². The van der Waals surface area contributed by atoms with Crippen LogP contribution in [0.2, 0.25) is 5.02 Å². The van der Waals surface area contributed by atoms with Crippen molar-refractivity contribution in [1.29, 1.82) is 0 Å². The topological polar surface area (TPSA) is 79.2 Å². The van der Waals surface area contributed by atoms with Crippen molar-refractivity contribution in [2.75, 3.05) is 6.61 Å². The molecule has 1 N–H and O–H groups in total. The summed E-state index contributed by atoms with van der Waals surface area (Å²) in [5.41, 5.74) is 0.542. The van der Waals surface area contributed by atoms with Crippen LogP contribution in [0.1, 0.15) is 18.9 Å². The van der Waals surface area contributed by atoms with Gasteiger partial charge in [-0.1, -0.05) is 23.8 Å². The standard InChI is InChI=1S/C20H19ClN2O4/c1-2-27-15-6-9(5-14(21)18(15)24)8-22-23-19(25)16-10-3-4-11(13-7-12(10)13)17(16)20(23)26/h3-6,8,10-13,16-17,24H,2,7H2,1H3/b22-8+/t10-,11-,12-,13-,16+,17+/m1/s1. The molecule has 1 saturated heterocycles. The minimum atomic E-state index is -0.268. The Morgan fingerprint density at radius 2 is 1.85 bits per heavy atom. The van der Waals surface area contributed by atoms with E-state index in [1.54, 1.807) is 13.0 Å². The molecule has 0 aromatic heterocycles. The lowest BCUT2D eigenvalue weighted by molar-refractivity contribution is -0.140. The van der Waals surface area contributed by atoms with Crippen LogP contribution in [-0.4, -0.2) is 34.8 Å². The number of hydrogen-bond acceptors (Lipinski definition) is 5. The third-order valence-electron chi connectivity index (χ3n) is 6.31. The van der Waals surface area contributed by atoms with E-state index < -0.39 is 0 Å². The molecular weight excluding hydrogens is 368 g/mol. The number of phenols is 1. The van der Waals surface area contributed by atoms with E-state index in [1.165, 1.54) is 12.3 Å². The van der Waals surface area contributed by atoms with E-state index in [9.17, 15) is 14.7 Å². The van der Waals surface area contributed by atoms with Crippen LogP contribution in [0.15, 0.2) is 29.4 Å². The molecule has 0 unspecified atom stereocenters. The Morgan fingerprint density at radius 1 is 1.22 bits per heavy atom. The molecule has 0 spiro atoms. The molecule has 27 heavy (non-hydrogen) atoms. The Bertz CT molecular complexity index is 875. The van der Waals surface area contributed by atoms with Crippen molar-refractivity contribution in [3.05, 3.63) is 34.9 Å². The molecule has 2 bridgehead atoms. The van der Waals surface area contributed by atoms with Gasteiger partial charge in [-0.3, -0.25) is 9.59 Å². The van der Waals surface area contributed by atoms with Gasteiger partial charge in [0.2, 0.25) is 0 Å². The average molecular weight is 387 g/mol. The van der Waals surface area contributed by atoms with Crippen molar-refractivity contribution < 1.29 is 19.4 Å². The van der Waals surface area contributed by atoms with Crippen LogP contribution in [0.5, 0.6) is 11.5 Å². The largest absolute Gasteiger partial charge is 0.503 e. The highest BCUT2D eigenvalue weighted by Gasteiger charge is 2.67. The van der Waals surface area contributed by atoms with Crippen molar-refractivity contribution in [3.63, 3.8) is 0 Å². The monoisotopic (exact) mass is 386 g/mol.